The largest absolute Gasteiger partial charge is 0.507 e. The molecule has 0 saturated heterocycles. The molecule has 2 aromatic carbocycles. The minimum absolute atomic E-state index is 0.0122. The van der Waals surface area contributed by atoms with E-state index in [0.29, 0.717) is 17.1 Å². The quantitative estimate of drug-likeness (QED) is 0.602. The Bertz CT molecular complexity index is 839. The average molecular weight is 370 g/mol. The van der Waals surface area contributed by atoms with Crippen LogP contribution in [0.1, 0.15) is 37.5 Å². The van der Waals surface area contributed by atoms with E-state index in [1.54, 1.807) is 12.1 Å². The lowest BCUT2D eigenvalue weighted by molar-refractivity contribution is -0.123. The lowest BCUT2D eigenvalue weighted by Crippen LogP contribution is -2.25. The first kappa shape index (κ1) is 20.3. The maximum atomic E-state index is 12.0. The van der Waals surface area contributed by atoms with Crippen molar-refractivity contribution in [1.29, 1.82) is 0 Å². The van der Waals surface area contributed by atoms with Crippen LogP contribution in [0.15, 0.2) is 41.5 Å². The third-order valence-electron chi connectivity index (χ3n) is 3.93. The summed E-state index contributed by atoms with van der Waals surface area (Å²) in [5, 5.41) is 13.7. The number of hydrogen-bond donors (Lipinski definition) is 2. The highest BCUT2D eigenvalue weighted by molar-refractivity contribution is 5.85. The van der Waals surface area contributed by atoms with Gasteiger partial charge in [-0.2, -0.15) is 5.10 Å². The van der Waals surface area contributed by atoms with Gasteiger partial charge in [0.05, 0.1) is 13.3 Å². The second-order valence-corrected chi connectivity index (χ2v) is 7.26. The molecule has 0 aliphatic carbocycles. The van der Waals surface area contributed by atoms with Gasteiger partial charge in [-0.1, -0.05) is 32.9 Å². The number of hydrogen-bond acceptors (Lipinski definition) is 5. The van der Waals surface area contributed by atoms with Gasteiger partial charge in [0.15, 0.2) is 6.61 Å². The summed E-state index contributed by atoms with van der Waals surface area (Å²) in [6.07, 6.45) is 1.36. The SMILES string of the molecule is COc1ccc(C=NNC(=O)COc2cc(C)ccc2C(C)(C)C)c(O)c1. The molecule has 0 unspecified atom stereocenters. The fourth-order valence-corrected chi connectivity index (χ4v) is 2.48. The number of rotatable bonds is 6. The summed E-state index contributed by atoms with van der Waals surface area (Å²) in [5.74, 6) is 0.850. The molecule has 0 spiro atoms. The Morgan fingerprint density at radius 1 is 1.22 bits per heavy atom. The lowest BCUT2D eigenvalue weighted by atomic mass is 9.86. The van der Waals surface area contributed by atoms with Gasteiger partial charge in [0, 0.05) is 11.6 Å². The molecule has 0 aliphatic rings. The molecular weight excluding hydrogens is 344 g/mol. The minimum Gasteiger partial charge on any atom is -0.507 e. The molecule has 0 bridgehead atoms. The molecule has 2 rings (SSSR count). The predicted octanol–water partition coefficient (Wildman–Crippen LogP) is 3.54. The van der Waals surface area contributed by atoms with Crippen molar-refractivity contribution < 1.29 is 19.4 Å². The third-order valence-corrected chi connectivity index (χ3v) is 3.93. The minimum atomic E-state index is -0.388. The standard InChI is InChI=1S/C21H26N2O4/c1-14-6-9-17(21(2,3)4)19(10-14)27-13-20(25)23-22-12-15-7-8-16(26-5)11-18(15)24/h6-12,24H,13H2,1-5H3,(H,23,25). The van der Waals surface area contributed by atoms with Gasteiger partial charge in [-0.05, 0) is 41.7 Å². The monoisotopic (exact) mass is 370 g/mol. The van der Waals surface area contributed by atoms with E-state index in [-0.39, 0.29) is 23.7 Å². The normalized spacial score (nSPS) is 11.4. The first-order valence-electron chi connectivity index (χ1n) is 8.63. The van der Waals surface area contributed by atoms with E-state index < -0.39 is 0 Å². The molecule has 2 N–H and O–H groups in total. The van der Waals surface area contributed by atoms with E-state index in [2.05, 4.69) is 31.3 Å². The van der Waals surface area contributed by atoms with Crippen LogP contribution in [-0.2, 0) is 10.2 Å². The molecule has 6 heteroatoms. The molecule has 1 amide bonds. The number of carbonyl (C=O) groups is 1. The summed E-state index contributed by atoms with van der Waals surface area (Å²) < 4.78 is 10.7. The number of hydrazone groups is 1. The summed E-state index contributed by atoms with van der Waals surface area (Å²) in [7, 11) is 1.52. The van der Waals surface area contributed by atoms with Crippen molar-refractivity contribution in [2.75, 3.05) is 13.7 Å². The number of carbonyl (C=O) groups excluding carboxylic acids is 1. The molecule has 27 heavy (non-hydrogen) atoms. The van der Waals surface area contributed by atoms with Crippen LogP contribution in [0.4, 0.5) is 0 Å². The van der Waals surface area contributed by atoms with Crippen LogP contribution in [-0.4, -0.2) is 30.9 Å². The molecule has 6 nitrogen and oxygen atoms in total. The number of aromatic hydroxyl groups is 1. The van der Waals surface area contributed by atoms with E-state index in [1.807, 2.05) is 25.1 Å². The summed E-state index contributed by atoms with van der Waals surface area (Å²) >= 11 is 0. The highest BCUT2D eigenvalue weighted by Gasteiger charge is 2.19. The number of benzene rings is 2. The molecule has 144 valence electrons. The molecule has 0 aromatic heterocycles. The highest BCUT2D eigenvalue weighted by Crippen LogP contribution is 2.32. The fourth-order valence-electron chi connectivity index (χ4n) is 2.48. The zero-order valence-corrected chi connectivity index (χ0v) is 16.4. The number of methoxy groups -OCH3 is 1. The molecule has 2 aromatic rings. The Hall–Kier alpha value is -3.02. The van der Waals surface area contributed by atoms with E-state index in [1.165, 1.54) is 19.4 Å². The molecule has 0 atom stereocenters. The van der Waals surface area contributed by atoms with E-state index in [9.17, 15) is 9.90 Å². The van der Waals surface area contributed by atoms with Crippen LogP contribution >= 0.6 is 0 Å². The Balaban J connectivity index is 1.96. The van der Waals surface area contributed by atoms with Gasteiger partial charge in [-0.25, -0.2) is 5.43 Å². The maximum Gasteiger partial charge on any atom is 0.277 e. The van der Waals surface area contributed by atoms with Crippen molar-refractivity contribution in [3.8, 4) is 17.2 Å². The second kappa shape index (κ2) is 8.58. The van der Waals surface area contributed by atoms with Crippen LogP contribution in [0.2, 0.25) is 0 Å². The molecule has 0 radical (unpaired) electrons. The number of nitrogens with one attached hydrogen (secondary N) is 1. The van der Waals surface area contributed by atoms with E-state index in [4.69, 9.17) is 9.47 Å². The van der Waals surface area contributed by atoms with Gasteiger partial charge in [0.1, 0.15) is 17.2 Å². The maximum absolute atomic E-state index is 12.0. The number of ether oxygens (including phenoxy) is 2. The number of nitrogens with zero attached hydrogens (tertiary/aromatic N) is 1. The number of phenols is 1. The topological polar surface area (TPSA) is 80.2 Å². The summed E-state index contributed by atoms with van der Waals surface area (Å²) in [5.41, 5.74) is 4.86. The Morgan fingerprint density at radius 3 is 2.59 bits per heavy atom. The van der Waals surface area contributed by atoms with Crippen molar-refractivity contribution >= 4 is 12.1 Å². The Morgan fingerprint density at radius 2 is 1.96 bits per heavy atom. The van der Waals surface area contributed by atoms with Crippen LogP contribution in [0.5, 0.6) is 17.2 Å². The average Bonchev–Trinajstić information content (AvgIpc) is 2.60. The smallest absolute Gasteiger partial charge is 0.277 e. The fraction of sp³-hybridized carbons (Fsp3) is 0.333. The summed E-state index contributed by atoms with van der Waals surface area (Å²) in [4.78, 5) is 12.0. The van der Waals surface area contributed by atoms with Crippen LogP contribution < -0.4 is 14.9 Å². The zero-order chi connectivity index (χ0) is 20.0. The first-order valence-corrected chi connectivity index (χ1v) is 8.63. The number of aryl methyl sites for hydroxylation is 1. The van der Waals surface area contributed by atoms with Gasteiger partial charge < -0.3 is 14.6 Å². The van der Waals surface area contributed by atoms with Crippen molar-refractivity contribution in [3.63, 3.8) is 0 Å². The van der Waals surface area contributed by atoms with Crippen molar-refractivity contribution in [1.82, 2.24) is 5.43 Å². The van der Waals surface area contributed by atoms with E-state index >= 15 is 0 Å². The van der Waals surface area contributed by atoms with Gasteiger partial charge in [-0.15, -0.1) is 0 Å². The van der Waals surface area contributed by atoms with Crippen molar-refractivity contribution in [3.05, 3.63) is 53.1 Å². The molecule has 0 heterocycles. The highest BCUT2D eigenvalue weighted by atomic mass is 16.5. The van der Waals surface area contributed by atoms with Gasteiger partial charge in [0.2, 0.25) is 0 Å². The second-order valence-electron chi connectivity index (χ2n) is 7.26. The summed E-state index contributed by atoms with van der Waals surface area (Å²) in [6.45, 7) is 8.10. The van der Waals surface area contributed by atoms with Gasteiger partial charge >= 0.3 is 0 Å². The first-order chi connectivity index (χ1) is 12.7. The number of phenolic OH excluding ortho intramolecular Hbond substituents is 1. The molecular formula is C21H26N2O4. The van der Waals surface area contributed by atoms with Crippen LogP contribution in [0, 0.1) is 6.92 Å². The number of amides is 1. The van der Waals surface area contributed by atoms with Gasteiger partial charge in [-0.3, -0.25) is 4.79 Å². The molecule has 0 aliphatic heterocycles. The predicted molar refractivity (Wildman–Crippen MR) is 106 cm³/mol. The third kappa shape index (κ3) is 5.74. The van der Waals surface area contributed by atoms with Crippen LogP contribution in [0.3, 0.4) is 0 Å². The van der Waals surface area contributed by atoms with E-state index in [0.717, 1.165) is 11.1 Å². The Kier molecular flexibility index (Phi) is 6.45. The van der Waals surface area contributed by atoms with Crippen molar-refractivity contribution in [2.45, 2.75) is 33.1 Å². The van der Waals surface area contributed by atoms with Crippen LogP contribution in [0.25, 0.3) is 0 Å². The van der Waals surface area contributed by atoms with Crippen molar-refractivity contribution in [2.24, 2.45) is 5.10 Å². The lowest BCUT2D eigenvalue weighted by Gasteiger charge is -2.23. The van der Waals surface area contributed by atoms with Gasteiger partial charge in [0.25, 0.3) is 5.91 Å². The Labute approximate surface area is 159 Å². The zero-order valence-electron chi connectivity index (χ0n) is 16.4. The summed E-state index contributed by atoms with van der Waals surface area (Å²) in [6, 6.07) is 10.8. The molecule has 0 saturated carbocycles. The molecule has 0 fully saturated rings.